The Morgan fingerprint density at radius 2 is 1.88 bits per heavy atom. The van der Waals surface area contributed by atoms with Gasteiger partial charge in [0.2, 0.25) is 0 Å². The van der Waals surface area contributed by atoms with Crippen LogP contribution < -0.4 is 5.32 Å². The Bertz CT molecular complexity index is 502. The highest BCUT2D eigenvalue weighted by molar-refractivity contribution is 5.45. The molecule has 1 heterocycles. The lowest BCUT2D eigenvalue weighted by Gasteiger charge is -2.13. The number of nitrogens with zero attached hydrogens (tertiary/aromatic N) is 2. The fourth-order valence-electron chi connectivity index (χ4n) is 1.63. The van der Waals surface area contributed by atoms with E-state index in [4.69, 9.17) is 0 Å². The molecule has 0 amide bonds. The van der Waals surface area contributed by atoms with Gasteiger partial charge in [-0.1, -0.05) is 0 Å². The summed E-state index contributed by atoms with van der Waals surface area (Å²) in [4.78, 5) is 0. The van der Waals surface area contributed by atoms with E-state index in [-0.39, 0.29) is 6.04 Å². The summed E-state index contributed by atoms with van der Waals surface area (Å²) in [6.07, 6.45) is 3.57. The van der Waals surface area contributed by atoms with Crippen LogP contribution in [0.1, 0.15) is 18.5 Å². The van der Waals surface area contributed by atoms with Crippen LogP contribution in [0.2, 0.25) is 0 Å². The van der Waals surface area contributed by atoms with Gasteiger partial charge in [-0.25, -0.2) is 8.78 Å². The molecule has 2 rings (SSSR count). The molecular weight excluding hydrogens is 224 g/mol. The largest absolute Gasteiger partial charge is 0.378 e. The average molecular weight is 237 g/mol. The molecule has 0 aliphatic carbocycles. The van der Waals surface area contributed by atoms with E-state index in [1.807, 2.05) is 20.2 Å². The smallest absolute Gasteiger partial charge is 0.128 e. The summed E-state index contributed by atoms with van der Waals surface area (Å²) in [6, 6.07) is 3.30. The first-order valence-electron chi connectivity index (χ1n) is 5.26. The van der Waals surface area contributed by atoms with Crippen LogP contribution in [0.5, 0.6) is 0 Å². The van der Waals surface area contributed by atoms with Crippen molar-refractivity contribution in [2.45, 2.75) is 13.0 Å². The predicted molar refractivity (Wildman–Crippen MR) is 61.6 cm³/mol. The van der Waals surface area contributed by atoms with Crippen LogP contribution in [0.15, 0.2) is 30.6 Å². The van der Waals surface area contributed by atoms with Gasteiger partial charge in [-0.3, -0.25) is 4.68 Å². The minimum atomic E-state index is -0.592. The summed E-state index contributed by atoms with van der Waals surface area (Å²) in [5.74, 6) is -1.18. The number of nitrogens with one attached hydrogen (secondary N) is 1. The quantitative estimate of drug-likeness (QED) is 0.889. The topological polar surface area (TPSA) is 29.9 Å². The number of benzene rings is 1. The van der Waals surface area contributed by atoms with Crippen LogP contribution in [0.25, 0.3) is 0 Å². The van der Waals surface area contributed by atoms with Gasteiger partial charge < -0.3 is 5.32 Å². The minimum Gasteiger partial charge on any atom is -0.378 e. The highest BCUT2D eigenvalue weighted by Crippen LogP contribution is 2.20. The number of anilines is 1. The zero-order valence-electron chi connectivity index (χ0n) is 9.61. The van der Waals surface area contributed by atoms with Gasteiger partial charge in [0.05, 0.1) is 12.2 Å². The van der Waals surface area contributed by atoms with E-state index in [0.29, 0.717) is 5.69 Å². The second kappa shape index (κ2) is 4.53. The van der Waals surface area contributed by atoms with Crippen LogP contribution in [-0.2, 0) is 7.05 Å². The summed E-state index contributed by atoms with van der Waals surface area (Å²) >= 11 is 0. The fraction of sp³-hybridized carbons (Fsp3) is 0.250. The van der Waals surface area contributed by atoms with Crippen LogP contribution >= 0.6 is 0 Å². The third kappa shape index (κ3) is 2.81. The van der Waals surface area contributed by atoms with Crippen LogP contribution in [0.3, 0.4) is 0 Å². The van der Waals surface area contributed by atoms with Gasteiger partial charge >= 0.3 is 0 Å². The molecule has 0 aliphatic heterocycles. The zero-order valence-corrected chi connectivity index (χ0v) is 9.61. The van der Waals surface area contributed by atoms with Gasteiger partial charge in [0, 0.05) is 30.6 Å². The molecule has 3 nitrogen and oxygen atoms in total. The second-order valence-electron chi connectivity index (χ2n) is 3.97. The molecule has 1 aromatic carbocycles. The van der Waals surface area contributed by atoms with Gasteiger partial charge in [0.25, 0.3) is 0 Å². The van der Waals surface area contributed by atoms with E-state index < -0.39 is 11.6 Å². The third-order valence-electron chi connectivity index (χ3n) is 2.47. The summed E-state index contributed by atoms with van der Waals surface area (Å²) < 4.78 is 27.7. The Morgan fingerprint density at radius 1 is 1.24 bits per heavy atom. The Morgan fingerprint density at radius 3 is 2.41 bits per heavy atom. The summed E-state index contributed by atoms with van der Waals surface area (Å²) in [5, 5.41) is 7.06. The molecule has 1 atom stereocenters. The van der Waals surface area contributed by atoms with Crippen molar-refractivity contribution in [3.8, 4) is 0 Å². The first-order chi connectivity index (χ1) is 8.04. The van der Waals surface area contributed by atoms with Gasteiger partial charge in [0.1, 0.15) is 11.6 Å². The standard InChI is InChI=1S/C12H13F2N3/c1-8(9-6-15-17(2)7-9)16-12-4-10(13)3-11(14)5-12/h3-8,16H,1-2H3. The molecule has 17 heavy (non-hydrogen) atoms. The SMILES string of the molecule is CC(Nc1cc(F)cc(F)c1)c1cnn(C)c1. The molecule has 0 radical (unpaired) electrons. The van der Waals surface area contributed by atoms with Gasteiger partial charge in [0.15, 0.2) is 0 Å². The normalized spacial score (nSPS) is 12.5. The molecule has 0 bridgehead atoms. The zero-order chi connectivity index (χ0) is 12.4. The van der Waals surface area contributed by atoms with Crippen molar-refractivity contribution in [1.29, 1.82) is 0 Å². The molecule has 90 valence electrons. The van der Waals surface area contributed by atoms with Crippen LogP contribution in [0.4, 0.5) is 14.5 Å². The lowest BCUT2D eigenvalue weighted by atomic mass is 10.2. The van der Waals surface area contributed by atoms with Crippen molar-refractivity contribution >= 4 is 5.69 Å². The highest BCUT2D eigenvalue weighted by Gasteiger charge is 2.08. The maximum absolute atomic E-state index is 13.0. The maximum Gasteiger partial charge on any atom is 0.128 e. The molecule has 2 aromatic rings. The number of aromatic nitrogens is 2. The lowest BCUT2D eigenvalue weighted by molar-refractivity contribution is 0.583. The van der Waals surface area contributed by atoms with E-state index in [2.05, 4.69) is 10.4 Å². The Labute approximate surface area is 98.1 Å². The molecule has 0 saturated heterocycles. The first-order valence-corrected chi connectivity index (χ1v) is 5.26. The molecule has 0 spiro atoms. The monoisotopic (exact) mass is 237 g/mol. The summed E-state index contributed by atoms with van der Waals surface area (Å²) in [5.41, 5.74) is 1.37. The molecule has 0 saturated carbocycles. The minimum absolute atomic E-state index is 0.0649. The summed E-state index contributed by atoms with van der Waals surface area (Å²) in [6.45, 7) is 1.90. The van der Waals surface area contributed by atoms with Crippen molar-refractivity contribution in [3.63, 3.8) is 0 Å². The maximum atomic E-state index is 13.0. The van der Waals surface area contributed by atoms with Crippen molar-refractivity contribution in [2.75, 3.05) is 5.32 Å². The number of rotatable bonds is 3. The Hall–Kier alpha value is -1.91. The van der Waals surface area contributed by atoms with E-state index >= 15 is 0 Å². The molecule has 5 heteroatoms. The molecule has 0 aliphatic rings. The van der Waals surface area contributed by atoms with Crippen molar-refractivity contribution in [2.24, 2.45) is 7.05 Å². The average Bonchev–Trinajstić information content (AvgIpc) is 2.63. The highest BCUT2D eigenvalue weighted by atomic mass is 19.1. The lowest BCUT2D eigenvalue weighted by Crippen LogP contribution is -2.06. The molecular formula is C12H13F2N3. The number of hydrogen-bond acceptors (Lipinski definition) is 2. The number of aryl methyl sites for hydroxylation is 1. The molecule has 0 fully saturated rings. The van der Waals surface area contributed by atoms with Gasteiger partial charge in [-0.2, -0.15) is 5.10 Å². The van der Waals surface area contributed by atoms with Crippen molar-refractivity contribution in [3.05, 3.63) is 47.8 Å². The van der Waals surface area contributed by atoms with E-state index in [1.54, 1.807) is 10.9 Å². The first kappa shape index (κ1) is 11.6. The van der Waals surface area contributed by atoms with Gasteiger partial charge in [-0.05, 0) is 19.1 Å². The molecule has 1 unspecified atom stereocenters. The van der Waals surface area contributed by atoms with Crippen LogP contribution in [0, 0.1) is 11.6 Å². The van der Waals surface area contributed by atoms with E-state index in [1.165, 1.54) is 12.1 Å². The Kier molecular flexibility index (Phi) is 3.08. The van der Waals surface area contributed by atoms with Crippen molar-refractivity contribution < 1.29 is 8.78 Å². The van der Waals surface area contributed by atoms with E-state index in [9.17, 15) is 8.78 Å². The van der Waals surface area contributed by atoms with Crippen molar-refractivity contribution in [1.82, 2.24) is 9.78 Å². The summed E-state index contributed by atoms with van der Waals surface area (Å²) in [7, 11) is 1.82. The predicted octanol–water partition coefficient (Wildman–Crippen LogP) is 2.87. The Balaban J connectivity index is 2.15. The second-order valence-corrected chi connectivity index (χ2v) is 3.97. The van der Waals surface area contributed by atoms with Gasteiger partial charge in [-0.15, -0.1) is 0 Å². The van der Waals surface area contributed by atoms with Crippen LogP contribution in [-0.4, -0.2) is 9.78 Å². The van der Waals surface area contributed by atoms with E-state index in [0.717, 1.165) is 11.6 Å². The number of halogens is 2. The third-order valence-corrected chi connectivity index (χ3v) is 2.47. The number of hydrogen-bond donors (Lipinski definition) is 1. The molecule has 1 N–H and O–H groups in total. The fourth-order valence-corrected chi connectivity index (χ4v) is 1.63. The molecule has 1 aromatic heterocycles.